The number of pyridine rings is 1. The van der Waals surface area contributed by atoms with Gasteiger partial charge < -0.3 is 19.1 Å². The number of hydrogen-bond donors (Lipinski definition) is 0. The number of fused-ring (bicyclic) bond motifs is 7. The number of nitrogens with zero attached hydrogens (tertiary/aromatic N) is 4. The topological polar surface area (TPSA) is 33.5 Å². The average molecular weight is 1310 g/mol. The van der Waals surface area contributed by atoms with Crippen molar-refractivity contribution < 1.29 is 25.8 Å². The quantitative estimate of drug-likeness (QED) is 0.149. The Labute approximate surface area is 525 Å². The summed E-state index contributed by atoms with van der Waals surface area (Å²) >= 11 is 0. The van der Waals surface area contributed by atoms with Gasteiger partial charge in [0.15, 0.2) is 0 Å². The average Bonchev–Trinajstić information content (AvgIpc) is 1.45. The molecule has 0 saturated carbocycles. The molecule has 5 nitrogen and oxygen atoms in total. The molecule has 86 heavy (non-hydrogen) atoms. The number of benzene rings is 8. The first kappa shape index (κ1) is 57.4. The van der Waals surface area contributed by atoms with Crippen molar-refractivity contribution >= 4 is 39.7 Å². The first-order chi connectivity index (χ1) is 40.4. The van der Waals surface area contributed by atoms with Gasteiger partial charge in [0.05, 0.1) is 0 Å². The fourth-order valence-electron chi connectivity index (χ4n) is 14.5. The van der Waals surface area contributed by atoms with E-state index in [2.05, 4.69) is 306 Å². The summed E-state index contributed by atoms with van der Waals surface area (Å²) in [6, 6.07) is 71.2. The molecule has 0 saturated heterocycles. The summed E-state index contributed by atoms with van der Waals surface area (Å²) in [5, 5.41) is 1.25. The zero-order chi connectivity index (χ0) is 59.3. The predicted molar refractivity (Wildman–Crippen MR) is 354 cm³/mol. The van der Waals surface area contributed by atoms with E-state index in [-0.39, 0.29) is 54.1 Å². The number of para-hydroxylation sites is 2. The van der Waals surface area contributed by atoms with Crippen LogP contribution < -0.4 is 14.5 Å². The normalized spacial score (nSPS) is 16.3. The standard InChI is InChI=1S/C80H77N4O.Pt/c1-75(2,3)52-38-39-81-71(45-52)84-69-37-25-34-65-72(69)73-66(80(65)63-32-20-18-30-61(63)79(13,14)62-31-19-21-33-64(62)80)47-58(48-70(73)84)85-57-29-24-28-56(46-57)82-49-83(68-36-23-22-35-67(68)82)74-59(50-26-16-15-17-27-50)43-55(78(10,11)12)44-60(74)51-40-53(76(4,5)6)42-54(41-51)77(7,8)9;/h15-33,35-45,47,49,65H,34H2,1-14H3;/q-3;. The van der Waals surface area contributed by atoms with Crippen molar-refractivity contribution in [1.82, 2.24) is 9.55 Å². The van der Waals surface area contributed by atoms with Gasteiger partial charge in [0, 0.05) is 83.5 Å². The molecule has 0 amide bonds. The molecule has 1 spiro atoms. The maximum atomic E-state index is 7.33. The Morgan fingerprint density at radius 1 is 0.523 bits per heavy atom. The number of aromatic nitrogens is 2. The van der Waals surface area contributed by atoms with Crippen LogP contribution in [0.1, 0.15) is 171 Å². The Hall–Kier alpha value is -7.72. The van der Waals surface area contributed by atoms with Crippen LogP contribution in [-0.4, -0.2) is 9.55 Å². The van der Waals surface area contributed by atoms with Crippen molar-refractivity contribution in [2.24, 2.45) is 0 Å². The van der Waals surface area contributed by atoms with Crippen LogP contribution in [0.25, 0.3) is 45.1 Å². The molecule has 0 bridgehead atoms. The van der Waals surface area contributed by atoms with Crippen molar-refractivity contribution in [3.8, 4) is 39.6 Å². The Balaban J connectivity index is 0.00000686. The summed E-state index contributed by atoms with van der Waals surface area (Å²) in [4.78, 5) is 9.85. The Morgan fingerprint density at radius 2 is 1.08 bits per heavy atom. The molecule has 3 aliphatic carbocycles. The van der Waals surface area contributed by atoms with Crippen LogP contribution in [-0.2, 0) is 53.6 Å². The van der Waals surface area contributed by atoms with Gasteiger partial charge in [0.1, 0.15) is 5.82 Å². The Bertz CT molecular complexity index is 4300. The Kier molecular flexibility index (Phi) is 13.5. The van der Waals surface area contributed by atoms with E-state index in [1.54, 1.807) is 0 Å². The van der Waals surface area contributed by atoms with Crippen molar-refractivity contribution in [2.45, 2.75) is 142 Å². The molecule has 1 atom stereocenters. The van der Waals surface area contributed by atoms with Crippen molar-refractivity contribution in [2.75, 3.05) is 9.80 Å². The number of ether oxygens (including phenoxy) is 1. The minimum Gasteiger partial charge on any atom is -0.509 e. The molecule has 0 fully saturated rings. The second-order valence-corrected chi connectivity index (χ2v) is 29.0. The second kappa shape index (κ2) is 20.2. The van der Waals surface area contributed by atoms with Gasteiger partial charge in [-0.05, 0) is 132 Å². The van der Waals surface area contributed by atoms with Gasteiger partial charge in [-0.3, -0.25) is 0 Å². The number of hydrogen-bond acceptors (Lipinski definition) is 4. The van der Waals surface area contributed by atoms with Crippen molar-refractivity contribution in [3.05, 3.63) is 262 Å². The van der Waals surface area contributed by atoms with Crippen LogP contribution in [0.3, 0.4) is 0 Å². The minimum atomic E-state index is -0.494. The fourth-order valence-corrected chi connectivity index (χ4v) is 14.5. The molecule has 8 aromatic carbocycles. The molecule has 1 aliphatic heterocycles. The van der Waals surface area contributed by atoms with E-state index >= 15 is 0 Å². The maximum Gasteiger partial charge on any atom is 0.135 e. The van der Waals surface area contributed by atoms with E-state index in [0.29, 0.717) is 11.5 Å². The monoisotopic (exact) mass is 1300 g/mol. The van der Waals surface area contributed by atoms with Gasteiger partial charge in [0.25, 0.3) is 0 Å². The second-order valence-electron chi connectivity index (χ2n) is 29.0. The molecular formula is C80H77N4OPt-3. The molecule has 4 aliphatic rings. The summed E-state index contributed by atoms with van der Waals surface area (Å²) in [5.41, 5.74) is 23.2. The third kappa shape index (κ3) is 8.99. The number of allylic oxidation sites excluding steroid dienone is 1. The van der Waals surface area contributed by atoms with Crippen molar-refractivity contribution in [1.29, 1.82) is 0 Å². The number of rotatable bonds is 7. The summed E-state index contributed by atoms with van der Waals surface area (Å²) in [7, 11) is 0. The predicted octanol–water partition coefficient (Wildman–Crippen LogP) is 20.8. The van der Waals surface area contributed by atoms with Gasteiger partial charge in [0.2, 0.25) is 0 Å². The molecule has 2 aromatic heterocycles. The van der Waals surface area contributed by atoms with E-state index in [1.807, 2.05) is 12.3 Å². The summed E-state index contributed by atoms with van der Waals surface area (Å²) < 4.78 is 9.68. The van der Waals surface area contributed by atoms with Crippen LogP contribution >= 0.6 is 0 Å². The first-order valence-electron chi connectivity index (χ1n) is 30.5. The van der Waals surface area contributed by atoms with Gasteiger partial charge >= 0.3 is 0 Å². The van der Waals surface area contributed by atoms with Crippen LogP contribution in [0.5, 0.6) is 11.5 Å². The van der Waals surface area contributed by atoms with Gasteiger partial charge in [-0.2, -0.15) is 6.07 Å². The van der Waals surface area contributed by atoms with Crippen molar-refractivity contribution in [3.63, 3.8) is 0 Å². The molecular weight excluding hydrogens is 1230 g/mol. The van der Waals surface area contributed by atoms with E-state index in [1.165, 1.54) is 83.4 Å². The molecule has 436 valence electrons. The van der Waals surface area contributed by atoms with Crippen LogP contribution in [0.4, 0.5) is 22.7 Å². The van der Waals surface area contributed by atoms with Gasteiger partial charge in [-0.15, -0.1) is 53.6 Å². The largest absolute Gasteiger partial charge is 0.509 e. The van der Waals surface area contributed by atoms with Crippen LogP contribution in [0.15, 0.2) is 182 Å². The van der Waals surface area contributed by atoms with E-state index in [0.717, 1.165) is 46.1 Å². The summed E-state index contributed by atoms with van der Waals surface area (Å²) in [6.07, 6.45) is 7.60. The Morgan fingerprint density at radius 3 is 1.70 bits per heavy atom. The third-order valence-corrected chi connectivity index (χ3v) is 19.0. The first-order valence-corrected chi connectivity index (χ1v) is 30.5. The summed E-state index contributed by atoms with van der Waals surface area (Å²) in [5.74, 6) is 2.25. The van der Waals surface area contributed by atoms with E-state index in [9.17, 15) is 0 Å². The smallest absolute Gasteiger partial charge is 0.135 e. The van der Waals surface area contributed by atoms with Gasteiger partial charge in [-0.25, -0.2) is 4.98 Å². The number of anilines is 4. The SMILES string of the molecule is CC(C)(C)c1cc(-c2cc(C(C)(C)C)cc(-c3ccccc3)c2N2[CH-]N(c3[c-]c(Oc4[c-]c5c6c(c4)C4(c7ccccc7C(C)(C)c7ccccc74)C4CC=Cc(c64)n5-c4cc(C(C)(C)C)ccn4)ccc3)c3ccccc32)cc(C(C)(C)C)c1.[Pt]. The molecule has 3 heterocycles. The molecule has 6 heteroatoms. The molecule has 14 rings (SSSR count). The fraction of sp³-hybridized carbons (Fsp3) is 0.275. The van der Waals surface area contributed by atoms with E-state index < -0.39 is 5.41 Å². The third-order valence-electron chi connectivity index (χ3n) is 19.0. The summed E-state index contributed by atoms with van der Waals surface area (Å²) in [6.45, 7) is 34.8. The zero-order valence-corrected chi connectivity index (χ0v) is 54.5. The molecule has 0 radical (unpaired) electrons. The van der Waals surface area contributed by atoms with Crippen LogP contribution in [0.2, 0.25) is 0 Å². The molecule has 0 N–H and O–H groups in total. The zero-order valence-electron chi connectivity index (χ0n) is 52.3. The van der Waals surface area contributed by atoms with Crippen LogP contribution in [0, 0.1) is 18.8 Å². The van der Waals surface area contributed by atoms with E-state index in [4.69, 9.17) is 9.72 Å². The maximum absolute atomic E-state index is 7.33. The minimum absolute atomic E-state index is 0. The van der Waals surface area contributed by atoms with Gasteiger partial charge in [-0.1, -0.05) is 223 Å². The molecule has 1 unspecified atom stereocenters. The molecule has 10 aromatic rings.